The van der Waals surface area contributed by atoms with Gasteiger partial charge in [-0.15, -0.1) is 0 Å². The molecule has 16 heavy (non-hydrogen) atoms. The lowest BCUT2D eigenvalue weighted by molar-refractivity contribution is 0.100. The Balaban J connectivity index is 2.09. The molecule has 0 bridgehead atoms. The maximum Gasteiger partial charge on any atom is 0.248 e. The van der Waals surface area contributed by atoms with Gasteiger partial charge in [0.1, 0.15) is 0 Å². The molecule has 0 radical (unpaired) electrons. The van der Waals surface area contributed by atoms with Gasteiger partial charge in [0, 0.05) is 17.3 Å². The fourth-order valence-corrected chi connectivity index (χ4v) is 2.34. The average Bonchev–Trinajstić information content (AvgIpc) is 2.65. The van der Waals surface area contributed by atoms with E-state index >= 15 is 0 Å². The van der Waals surface area contributed by atoms with Crippen molar-refractivity contribution in [2.24, 2.45) is 11.7 Å². The van der Waals surface area contributed by atoms with Crippen molar-refractivity contribution in [3.05, 3.63) is 29.8 Å². The number of carbonyl (C=O) groups excluding carboxylic acids is 1. The van der Waals surface area contributed by atoms with Gasteiger partial charge in [0.15, 0.2) is 0 Å². The summed E-state index contributed by atoms with van der Waals surface area (Å²) in [6.45, 7) is 2.27. The van der Waals surface area contributed by atoms with Crippen LogP contribution in [0.15, 0.2) is 24.3 Å². The lowest BCUT2D eigenvalue weighted by Crippen LogP contribution is -2.22. The minimum absolute atomic E-state index is 0.372. The molecule has 3 N–H and O–H groups in total. The van der Waals surface area contributed by atoms with Crippen LogP contribution in [0.5, 0.6) is 0 Å². The van der Waals surface area contributed by atoms with Gasteiger partial charge in [0.2, 0.25) is 5.91 Å². The maximum absolute atomic E-state index is 11.0. The third-order valence-electron chi connectivity index (χ3n) is 3.36. The molecule has 0 aliphatic heterocycles. The van der Waals surface area contributed by atoms with Crippen LogP contribution in [-0.2, 0) is 0 Å². The normalized spacial score (nSPS) is 24.3. The number of amides is 1. The molecule has 1 aromatic carbocycles. The van der Waals surface area contributed by atoms with Crippen molar-refractivity contribution < 1.29 is 4.79 Å². The predicted octanol–water partition coefficient (Wildman–Crippen LogP) is 2.39. The van der Waals surface area contributed by atoms with Gasteiger partial charge in [-0.3, -0.25) is 4.79 Å². The summed E-state index contributed by atoms with van der Waals surface area (Å²) in [5, 5.41) is 3.48. The maximum atomic E-state index is 11.0. The Morgan fingerprint density at radius 1 is 1.44 bits per heavy atom. The second-order valence-electron chi connectivity index (χ2n) is 4.60. The molecule has 1 aromatic rings. The number of carbonyl (C=O) groups is 1. The summed E-state index contributed by atoms with van der Waals surface area (Å²) in [6, 6.07) is 7.95. The van der Waals surface area contributed by atoms with Crippen molar-refractivity contribution in [3.63, 3.8) is 0 Å². The third-order valence-corrected chi connectivity index (χ3v) is 3.36. The van der Waals surface area contributed by atoms with Gasteiger partial charge in [-0.2, -0.15) is 0 Å². The highest BCUT2D eigenvalue weighted by Gasteiger charge is 2.22. The van der Waals surface area contributed by atoms with Crippen LogP contribution in [0.3, 0.4) is 0 Å². The van der Waals surface area contributed by atoms with Crippen LogP contribution >= 0.6 is 0 Å². The standard InChI is InChI=1S/C13H18N2O/c1-9-4-2-7-12(9)15-11-6-3-5-10(8-11)13(14)16/h3,5-6,8-9,12,15H,2,4,7H2,1H3,(H2,14,16). The lowest BCUT2D eigenvalue weighted by Gasteiger charge is -2.18. The zero-order valence-corrected chi connectivity index (χ0v) is 9.57. The van der Waals surface area contributed by atoms with Crippen LogP contribution in [-0.4, -0.2) is 11.9 Å². The first-order chi connectivity index (χ1) is 7.66. The number of hydrogen-bond acceptors (Lipinski definition) is 2. The smallest absolute Gasteiger partial charge is 0.248 e. The van der Waals surface area contributed by atoms with E-state index in [1.807, 2.05) is 18.2 Å². The molecule has 3 heteroatoms. The van der Waals surface area contributed by atoms with Crippen LogP contribution in [0.4, 0.5) is 5.69 Å². The Kier molecular flexibility index (Phi) is 3.13. The Morgan fingerprint density at radius 3 is 2.88 bits per heavy atom. The SMILES string of the molecule is CC1CCCC1Nc1cccc(C(N)=O)c1. The van der Waals surface area contributed by atoms with Gasteiger partial charge in [0.25, 0.3) is 0 Å². The molecule has 1 aliphatic rings. The molecular weight excluding hydrogens is 200 g/mol. The van der Waals surface area contributed by atoms with E-state index in [0.29, 0.717) is 17.5 Å². The van der Waals surface area contributed by atoms with E-state index in [9.17, 15) is 4.79 Å². The summed E-state index contributed by atoms with van der Waals surface area (Å²) in [5.41, 5.74) is 6.81. The molecule has 2 atom stereocenters. The van der Waals surface area contributed by atoms with Crippen LogP contribution < -0.4 is 11.1 Å². The number of primary amides is 1. The van der Waals surface area contributed by atoms with Gasteiger partial charge in [-0.1, -0.05) is 19.4 Å². The van der Waals surface area contributed by atoms with E-state index in [0.717, 1.165) is 5.69 Å². The van der Waals surface area contributed by atoms with Gasteiger partial charge in [0.05, 0.1) is 0 Å². The number of rotatable bonds is 3. The van der Waals surface area contributed by atoms with E-state index in [1.54, 1.807) is 6.07 Å². The van der Waals surface area contributed by atoms with Crippen LogP contribution in [0, 0.1) is 5.92 Å². The topological polar surface area (TPSA) is 55.1 Å². The molecule has 86 valence electrons. The number of nitrogens with two attached hydrogens (primary N) is 1. The van der Waals surface area contributed by atoms with Crippen molar-refractivity contribution >= 4 is 11.6 Å². The Morgan fingerprint density at radius 2 is 2.25 bits per heavy atom. The Bertz CT molecular complexity index is 389. The zero-order valence-electron chi connectivity index (χ0n) is 9.57. The summed E-state index contributed by atoms with van der Waals surface area (Å²) in [4.78, 5) is 11.0. The van der Waals surface area contributed by atoms with Gasteiger partial charge in [-0.05, 0) is 37.0 Å². The summed E-state index contributed by atoms with van der Waals surface area (Å²) in [5.74, 6) is 0.334. The van der Waals surface area contributed by atoms with Crippen LogP contribution in [0.25, 0.3) is 0 Å². The summed E-state index contributed by atoms with van der Waals surface area (Å²) >= 11 is 0. The van der Waals surface area contributed by atoms with Gasteiger partial charge >= 0.3 is 0 Å². The van der Waals surface area contributed by atoms with Crippen molar-refractivity contribution in [1.82, 2.24) is 0 Å². The van der Waals surface area contributed by atoms with Gasteiger partial charge < -0.3 is 11.1 Å². The number of hydrogen-bond donors (Lipinski definition) is 2. The molecule has 0 heterocycles. The van der Waals surface area contributed by atoms with E-state index in [4.69, 9.17) is 5.73 Å². The van der Waals surface area contributed by atoms with E-state index in [-0.39, 0.29) is 5.91 Å². The van der Waals surface area contributed by atoms with Gasteiger partial charge in [-0.25, -0.2) is 0 Å². The molecule has 1 fully saturated rings. The highest BCUT2D eigenvalue weighted by Crippen LogP contribution is 2.28. The molecule has 0 aromatic heterocycles. The average molecular weight is 218 g/mol. The zero-order chi connectivity index (χ0) is 11.5. The highest BCUT2D eigenvalue weighted by atomic mass is 16.1. The molecule has 1 amide bonds. The second kappa shape index (κ2) is 4.56. The molecular formula is C13H18N2O. The van der Waals surface area contributed by atoms with Crippen molar-refractivity contribution in [2.75, 3.05) is 5.32 Å². The predicted molar refractivity (Wildman–Crippen MR) is 65.4 cm³/mol. The van der Waals surface area contributed by atoms with E-state index < -0.39 is 0 Å². The quantitative estimate of drug-likeness (QED) is 0.818. The summed E-state index contributed by atoms with van der Waals surface area (Å²) in [6.07, 6.45) is 3.78. The fourth-order valence-electron chi connectivity index (χ4n) is 2.34. The molecule has 2 unspecified atom stereocenters. The molecule has 1 aliphatic carbocycles. The van der Waals surface area contributed by atoms with Crippen LogP contribution in [0.1, 0.15) is 36.5 Å². The fraction of sp³-hybridized carbons (Fsp3) is 0.462. The Hall–Kier alpha value is -1.51. The number of anilines is 1. The first kappa shape index (κ1) is 11.0. The number of nitrogens with one attached hydrogen (secondary N) is 1. The largest absolute Gasteiger partial charge is 0.382 e. The van der Waals surface area contributed by atoms with E-state index in [1.165, 1.54) is 19.3 Å². The monoisotopic (exact) mass is 218 g/mol. The first-order valence-corrected chi connectivity index (χ1v) is 5.83. The number of benzene rings is 1. The highest BCUT2D eigenvalue weighted by molar-refractivity contribution is 5.93. The molecule has 0 saturated heterocycles. The van der Waals surface area contributed by atoms with Crippen molar-refractivity contribution in [1.29, 1.82) is 0 Å². The minimum atomic E-state index is -0.372. The second-order valence-corrected chi connectivity index (χ2v) is 4.60. The molecule has 1 saturated carbocycles. The van der Waals surface area contributed by atoms with E-state index in [2.05, 4.69) is 12.2 Å². The third kappa shape index (κ3) is 2.35. The molecule has 3 nitrogen and oxygen atoms in total. The summed E-state index contributed by atoms with van der Waals surface area (Å²) in [7, 11) is 0. The minimum Gasteiger partial charge on any atom is -0.382 e. The van der Waals surface area contributed by atoms with Crippen molar-refractivity contribution in [3.8, 4) is 0 Å². The molecule has 2 rings (SSSR count). The lowest BCUT2D eigenvalue weighted by atomic mass is 10.1. The first-order valence-electron chi connectivity index (χ1n) is 5.83. The summed E-state index contributed by atoms with van der Waals surface area (Å²) < 4.78 is 0. The Labute approximate surface area is 96.0 Å². The molecule has 0 spiro atoms. The van der Waals surface area contributed by atoms with Crippen LogP contribution in [0.2, 0.25) is 0 Å². The van der Waals surface area contributed by atoms with Crippen molar-refractivity contribution in [2.45, 2.75) is 32.2 Å².